The zero-order chi connectivity index (χ0) is 17.5. The lowest BCUT2D eigenvalue weighted by Crippen LogP contribution is -2.30. The molecule has 7 heteroatoms. The SMILES string of the molecule is CC(C)CCNC(=O)COC(=O)c1csc(-c2cccc(Cl)c2)n1. The summed E-state index contributed by atoms with van der Waals surface area (Å²) in [6.45, 7) is 4.42. The maximum atomic E-state index is 12.0. The molecule has 0 saturated carbocycles. The summed E-state index contributed by atoms with van der Waals surface area (Å²) in [4.78, 5) is 27.8. The average Bonchev–Trinajstić information content (AvgIpc) is 3.02. The molecule has 128 valence electrons. The third-order valence-corrected chi connectivity index (χ3v) is 4.29. The van der Waals surface area contributed by atoms with Crippen LogP contribution in [0.2, 0.25) is 5.02 Å². The molecule has 1 aromatic heterocycles. The Morgan fingerprint density at radius 3 is 2.88 bits per heavy atom. The van der Waals surface area contributed by atoms with Crippen molar-refractivity contribution in [1.29, 1.82) is 0 Å². The average molecular weight is 367 g/mol. The second-order valence-electron chi connectivity index (χ2n) is 5.66. The molecular formula is C17H19ClN2O3S. The number of ether oxygens (including phenoxy) is 1. The van der Waals surface area contributed by atoms with Gasteiger partial charge in [0, 0.05) is 22.5 Å². The Kier molecular flexibility index (Phi) is 6.75. The minimum atomic E-state index is -0.612. The van der Waals surface area contributed by atoms with E-state index in [0.29, 0.717) is 22.5 Å². The first-order valence-corrected chi connectivity index (χ1v) is 8.86. The van der Waals surface area contributed by atoms with Crippen LogP contribution in [0.4, 0.5) is 0 Å². The zero-order valence-corrected chi connectivity index (χ0v) is 15.1. The van der Waals surface area contributed by atoms with E-state index in [0.717, 1.165) is 12.0 Å². The lowest BCUT2D eigenvalue weighted by Gasteiger charge is -2.07. The third-order valence-electron chi connectivity index (χ3n) is 3.16. The molecular weight excluding hydrogens is 348 g/mol. The molecule has 0 bridgehead atoms. The second kappa shape index (κ2) is 8.80. The van der Waals surface area contributed by atoms with E-state index < -0.39 is 5.97 Å². The number of carbonyl (C=O) groups excluding carboxylic acids is 2. The fourth-order valence-electron chi connectivity index (χ4n) is 1.88. The van der Waals surface area contributed by atoms with E-state index >= 15 is 0 Å². The number of nitrogens with one attached hydrogen (secondary N) is 1. The quantitative estimate of drug-likeness (QED) is 0.757. The van der Waals surface area contributed by atoms with Gasteiger partial charge >= 0.3 is 5.97 Å². The van der Waals surface area contributed by atoms with Crippen LogP contribution < -0.4 is 5.32 Å². The number of hydrogen-bond acceptors (Lipinski definition) is 5. The highest BCUT2D eigenvalue weighted by Crippen LogP contribution is 2.26. The van der Waals surface area contributed by atoms with Crippen LogP contribution in [0.15, 0.2) is 29.6 Å². The fourth-order valence-corrected chi connectivity index (χ4v) is 2.85. The molecule has 1 amide bonds. The van der Waals surface area contributed by atoms with Crippen molar-refractivity contribution in [2.45, 2.75) is 20.3 Å². The van der Waals surface area contributed by atoms with Crippen molar-refractivity contribution in [3.63, 3.8) is 0 Å². The highest BCUT2D eigenvalue weighted by atomic mass is 35.5. The van der Waals surface area contributed by atoms with Gasteiger partial charge in [0.2, 0.25) is 0 Å². The van der Waals surface area contributed by atoms with Crippen molar-refractivity contribution in [1.82, 2.24) is 10.3 Å². The predicted octanol–water partition coefficient (Wildman–Crippen LogP) is 3.78. The Balaban J connectivity index is 1.86. The van der Waals surface area contributed by atoms with Gasteiger partial charge in [-0.3, -0.25) is 4.79 Å². The molecule has 0 fully saturated rings. The predicted molar refractivity (Wildman–Crippen MR) is 95.3 cm³/mol. The van der Waals surface area contributed by atoms with E-state index in [1.54, 1.807) is 17.5 Å². The second-order valence-corrected chi connectivity index (χ2v) is 6.95. The number of esters is 1. The molecule has 0 aliphatic rings. The van der Waals surface area contributed by atoms with Gasteiger partial charge in [-0.05, 0) is 24.5 Å². The molecule has 0 atom stereocenters. The van der Waals surface area contributed by atoms with Gasteiger partial charge in [0.05, 0.1) is 0 Å². The molecule has 0 radical (unpaired) electrons. The number of aromatic nitrogens is 1. The Morgan fingerprint density at radius 2 is 2.17 bits per heavy atom. The summed E-state index contributed by atoms with van der Waals surface area (Å²) in [5, 5.41) is 5.59. The number of halogens is 1. The number of benzene rings is 1. The third kappa shape index (κ3) is 5.62. The number of rotatable bonds is 7. The maximum Gasteiger partial charge on any atom is 0.358 e. The first-order chi connectivity index (χ1) is 11.5. The molecule has 1 heterocycles. The Hall–Kier alpha value is -1.92. The molecule has 2 rings (SSSR count). The molecule has 0 aliphatic carbocycles. The molecule has 0 spiro atoms. The number of thiazole rings is 1. The van der Waals surface area contributed by atoms with Crippen LogP contribution in [-0.2, 0) is 9.53 Å². The zero-order valence-electron chi connectivity index (χ0n) is 13.5. The highest BCUT2D eigenvalue weighted by molar-refractivity contribution is 7.13. The lowest BCUT2D eigenvalue weighted by atomic mass is 10.1. The standard InChI is InChI=1S/C17H19ClN2O3S/c1-11(2)6-7-19-15(21)9-23-17(22)14-10-24-16(20-14)12-4-3-5-13(18)8-12/h3-5,8,10-11H,6-7,9H2,1-2H3,(H,19,21). The molecule has 1 aromatic carbocycles. The summed E-state index contributed by atoms with van der Waals surface area (Å²) in [6.07, 6.45) is 0.884. The summed E-state index contributed by atoms with van der Waals surface area (Å²) < 4.78 is 4.99. The van der Waals surface area contributed by atoms with Crippen LogP contribution in [0.25, 0.3) is 10.6 Å². The van der Waals surface area contributed by atoms with E-state index in [4.69, 9.17) is 16.3 Å². The largest absolute Gasteiger partial charge is 0.451 e. The maximum absolute atomic E-state index is 12.0. The van der Waals surface area contributed by atoms with Gasteiger partial charge < -0.3 is 10.1 Å². The van der Waals surface area contributed by atoms with Crippen LogP contribution in [0, 0.1) is 5.92 Å². The Labute approximate surface area is 150 Å². The van der Waals surface area contributed by atoms with E-state index in [9.17, 15) is 9.59 Å². The summed E-state index contributed by atoms with van der Waals surface area (Å²) in [5.41, 5.74) is 1.02. The van der Waals surface area contributed by atoms with Crippen molar-refractivity contribution in [2.75, 3.05) is 13.2 Å². The summed E-state index contributed by atoms with van der Waals surface area (Å²) in [5.74, 6) is -0.416. The molecule has 0 aliphatic heterocycles. The monoisotopic (exact) mass is 366 g/mol. The van der Waals surface area contributed by atoms with Gasteiger partial charge in [0.25, 0.3) is 5.91 Å². The van der Waals surface area contributed by atoms with Gasteiger partial charge in [0.15, 0.2) is 12.3 Å². The van der Waals surface area contributed by atoms with E-state index in [-0.39, 0.29) is 18.2 Å². The van der Waals surface area contributed by atoms with Gasteiger partial charge in [-0.15, -0.1) is 11.3 Å². The molecule has 1 N–H and O–H groups in total. The van der Waals surface area contributed by atoms with Gasteiger partial charge in [-0.25, -0.2) is 9.78 Å². The normalized spacial score (nSPS) is 10.7. The van der Waals surface area contributed by atoms with Crippen LogP contribution in [0.3, 0.4) is 0 Å². The first kappa shape index (κ1) is 18.4. The smallest absolute Gasteiger partial charge is 0.358 e. The van der Waals surface area contributed by atoms with Crippen LogP contribution in [0.1, 0.15) is 30.8 Å². The molecule has 0 saturated heterocycles. The minimum absolute atomic E-state index is 0.185. The number of hydrogen-bond donors (Lipinski definition) is 1. The van der Waals surface area contributed by atoms with Crippen molar-refractivity contribution >= 4 is 34.8 Å². The molecule has 5 nitrogen and oxygen atoms in total. The Morgan fingerprint density at radius 1 is 1.38 bits per heavy atom. The number of carbonyl (C=O) groups is 2. The van der Waals surface area contributed by atoms with Crippen LogP contribution in [0.5, 0.6) is 0 Å². The number of nitrogens with zero attached hydrogens (tertiary/aromatic N) is 1. The van der Waals surface area contributed by atoms with Crippen molar-refractivity contribution in [3.8, 4) is 10.6 Å². The van der Waals surface area contributed by atoms with Crippen LogP contribution >= 0.6 is 22.9 Å². The van der Waals surface area contributed by atoms with Crippen LogP contribution in [-0.4, -0.2) is 30.0 Å². The topological polar surface area (TPSA) is 68.3 Å². The summed E-state index contributed by atoms with van der Waals surface area (Å²) >= 11 is 7.27. The van der Waals surface area contributed by atoms with Crippen molar-refractivity contribution < 1.29 is 14.3 Å². The van der Waals surface area contributed by atoms with E-state index in [1.807, 2.05) is 12.1 Å². The minimum Gasteiger partial charge on any atom is -0.451 e. The molecule has 2 aromatic rings. The van der Waals surface area contributed by atoms with E-state index in [1.165, 1.54) is 11.3 Å². The number of amides is 1. The molecule has 0 unspecified atom stereocenters. The Bertz CT molecular complexity index is 715. The summed E-state index contributed by atoms with van der Waals surface area (Å²) in [6, 6.07) is 7.23. The first-order valence-electron chi connectivity index (χ1n) is 7.61. The summed E-state index contributed by atoms with van der Waals surface area (Å²) in [7, 11) is 0. The highest BCUT2D eigenvalue weighted by Gasteiger charge is 2.15. The van der Waals surface area contributed by atoms with Crippen molar-refractivity contribution in [3.05, 3.63) is 40.4 Å². The molecule has 24 heavy (non-hydrogen) atoms. The van der Waals surface area contributed by atoms with Gasteiger partial charge in [-0.1, -0.05) is 37.6 Å². The van der Waals surface area contributed by atoms with Crippen molar-refractivity contribution in [2.24, 2.45) is 5.92 Å². The fraction of sp³-hybridized carbons (Fsp3) is 0.353. The van der Waals surface area contributed by atoms with Gasteiger partial charge in [-0.2, -0.15) is 0 Å². The van der Waals surface area contributed by atoms with E-state index in [2.05, 4.69) is 24.1 Å². The lowest BCUT2D eigenvalue weighted by molar-refractivity contribution is -0.124. The van der Waals surface area contributed by atoms with Gasteiger partial charge in [0.1, 0.15) is 5.01 Å².